The number of imidazole rings is 1. The highest BCUT2D eigenvalue weighted by atomic mass is 35.5. The largest absolute Gasteiger partial charge is 0.494 e. The highest BCUT2D eigenvalue weighted by molar-refractivity contribution is 6.34. The molecule has 0 saturated carbocycles. The van der Waals surface area contributed by atoms with Crippen LogP contribution in [0.3, 0.4) is 0 Å². The molecule has 2 aromatic carbocycles. The molecule has 10 nitrogen and oxygen atoms in total. The van der Waals surface area contributed by atoms with Crippen LogP contribution in [0.1, 0.15) is 28.8 Å². The van der Waals surface area contributed by atoms with Crippen molar-refractivity contribution in [2.24, 2.45) is 0 Å². The predicted octanol–water partition coefficient (Wildman–Crippen LogP) is 4.42. The SMILES string of the molecule is COc1ccc(-c2cnc3c(Nc4cc(C)c(C(=O)N5CCN(C(=O)C6CCCN6)CC5)c(Cl)c4)nccn23)c(F)c1F. The van der Waals surface area contributed by atoms with E-state index in [0.717, 1.165) is 19.4 Å². The fraction of sp³-hybridized carbons (Fsp3) is 0.333. The molecule has 0 radical (unpaired) electrons. The minimum atomic E-state index is -1.08. The van der Waals surface area contributed by atoms with Crippen molar-refractivity contribution in [2.45, 2.75) is 25.8 Å². The first-order valence-corrected chi connectivity index (χ1v) is 14.4. The zero-order valence-corrected chi connectivity index (χ0v) is 24.4. The predicted molar refractivity (Wildman–Crippen MR) is 158 cm³/mol. The lowest BCUT2D eigenvalue weighted by molar-refractivity contribution is -0.134. The Morgan fingerprint density at radius 2 is 1.86 bits per heavy atom. The number of fused-ring (bicyclic) bond motifs is 1. The summed E-state index contributed by atoms with van der Waals surface area (Å²) in [6.45, 7) is 4.48. The maximum absolute atomic E-state index is 14.8. The Morgan fingerprint density at radius 1 is 1.09 bits per heavy atom. The molecule has 2 fully saturated rings. The number of aromatic nitrogens is 3. The van der Waals surface area contributed by atoms with Crippen LogP contribution >= 0.6 is 11.6 Å². The van der Waals surface area contributed by atoms with E-state index in [2.05, 4.69) is 20.6 Å². The number of nitrogens with zero attached hydrogens (tertiary/aromatic N) is 5. The molecule has 2 aliphatic heterocycles. The van der Waals surface area contributed by atoms with Gasteiger partial charge >= 0.3 is 0 Å². The molecule has 2 aliphatic rings. The van der Waals surface area contributed by atoms with Crippen LogP contribution in [-0.4, -0.2) is 81.9 Å². The van der Waals surface area contributed by atoms with Crippen LogP contribution in [0, 0.1) is 18.6 Å². The number of nitrogens with one attached hydrogen (secondary N) is 2. The summed E-state index contributed by atoms with van der Waals surface area (Å²) in [5.41, 5.74) is 2.37. The number of halogens is 3. The molecule has 2 aromatic heterocycles. The maximum Gasteiger partial charge on any atom is 0.255 e. The molecule has 0 bridgehead atoms. The van der Waals surface area contributed by atoms with Gasteiger partial charge in [0.15, 0.2) is 23.0 Å². The summed E-state index contributed by atoms with van der Waals surface area (Å²) >= 11 is 6.65. The standard InChI is InChI=1S/C30H30ClF2N7O3/c1-17-14-18(15-20(31)24(17)30(42)39-12-10-38(11-13-39)29(41)21-4-3-7-34-21)37-27-28-36-16-22(40(28)9-8-35-27)19-5-6-23(43-2)26(33)25(19)32/h5-6,8-9,14-16,21,34H,3-4,7,10-13H2,1-2H3,(H,35,37). The van der Waals surface area contributed by atoms with Crippen molar-refractivity contribution in [3.05, 3.63) is 70.6 Å². The Morgan fingerprint density at radius 3 is 2.56 bits per heavy atom. The maximum atomic E-state index is 14.8. The van der Waals surface area contributed by atoms with Crippen molar-refractivity contribution in [2.75, 3.05) is 45.2 Å². The van der Waals surface area contributed by atoms with Crippen molar-refractivity contribution in [1.29, 1.82) is 0 Å². The summed E-state index contributed by atoms with van der Waals surface area (Å²) in [6.07, 6.45) is 6.39. The second-order valence-corrected chi connectivity index (χ2v) is 11.0. The van der Waals surface area contributed by atoms with Crippen molar-refractivity contribution < 1.29 is 23.1 Å². The van der Waals surface area contributed by atoms with E-state index in [-0.39, 0.29) is 34.2 Å². The third-order valence-corrected chi connectivity index (χ3v) is 8.27. The first kappa shape index (κ1) is 28.8. The molecule has 0 spiro atoms. The molecule has 224 valence electrons. The van der Waals surface area contributed by atoms with Crippen molar-refractivity contribution in [3.8, 4) is 17.0 Å². The molecule has 4 heterocycles. The third-order valence-electron chi connectivity index (χ3n) is 7.97. The Kier molecular flexibility index (Phi) is 7.89. The van der Waals surface area contributed by atoms with Crippen LogP contribution < -0.4 is 15.4 Å². The molecule has 1 unspecified atom stereocenters. The molecule has 0 aliphatic carbocycles. The Balaban J connectivity index is 1.19. The van der Waals surface area contributed by atoms with E-state index in [9.17, 15) is 18.4 Å². The summed E-state index contributed by atoms with van der Waals surface area (Å²) in [7, 11) is 1.27. The number of aryl methyl sites for hydroxylation is 1. The van der Waals surface area contributed by atoms with Gasteiger partial charge in [-0.2, -0.15) is 4.39 Å². The van der Waals surface area contributed by atoms with E-state index < -0.39 is 11.6 Å². The second kappa shape index (κ2) is 11.8. The number of anilines is 2. The first-order chi connectivity index (χ1) is 20.8. The summed E-state index contributed by atoms with van der Waals surface area (Å²) in [4.78, 5) is 38.5. The lowest BCUT2D eigenvalue weighted by Crippen LogP contribution is -2.54. The van der Waals surface area contributed by atoms with Gasteiger partial charge in [0.2, 0.25) is 11.7 Å². The second-order valence-electron chi connectivity index (χ2n) is 10.6. The Hall–Kier alpha value is -4.29. The summed E-state index contributed by atoms with van der Waals surface area (Å²) in [5.74, 6) is -2.05. The number of methoxy groups -OCH3 is 1. The zero-order valence-electron chi connectivity index (χ0n) is 23.7. The highest BCUT2D eigenvalue weighted by Crippen LogP contribution is 2.33. The average molecular weight is 610 g/mol. The number of rotatable bonds is 6. The summed E-state index contributed by atoms with van der Waals surface area (Å²) in [6, 6.07) is 6.09. The molecule has 2 N–H and O–H groups in total. The fourth-order valence-corrected chi connectivity index (χ4v) is 6.07. The van der Waals surface area contributed by atoms with E-state index in [1.54, 1.807) is 34.6 Å². The van der Waals surface area contributed by atoms with Gasteiger partial charge in [-0.05, 0) is 56.1 Å². The molecular formula is C30H30ClF2N7O3. The molecule has 2 saturated heterocycles. The third kappa shape index (κ3) is 5.36. The summed E-state index contributed by atoms with van der Waals surface area (Å²) < 4.78 is 35.7. The van der Waals surface area contributed by atoms with Gasteiger partial charge in [-0.15, -0.1) is 0 Å². The normalized spacial score (nSPS) is 17.0. The lowest BCUT2D eigenvalue weighted by atomic mass is 10.1. The molecule has 2 amide bonds. The van der Waals surface area contributed by atoms with Crippen LogP contribution in [0.5, 0.6) is 5.75 Å². The first-order valence-electron chi connectivity index (χ1n) is 14.0. The van der Waals surface area contributed by atoms with Gasteiger partial charge in [0.25, 0.3) is 5.91 Å². The topological polar surface area (TPSA) is 104 Å². The number of benzene rings is 2. The minimum Gasteiger partial charge on any atom is -0.494 e. The van der Waals surface area contributed by atoms with Crippen molar-refractivity contribution in [3.63, 3.8) is 0 Å². The number of carbonyl (C=O) groups is 2. The number of piperazine rings is 1. The van der Waals surface area contributed by atoms with Crippen molar-refractivity contribution >= 4 is 40.6 Å². The van der Waals surface area contributed by atoms with Gasteiger partial charge in [-0.25, -0.2) is 14.4 Å². The molecular weight excluding hydrogens is 580 g/mol. The Labute approximate surface area is 251 Å². The van der Waals surface area contributed by atoms with Gasteiger partial charge in [-0.3, -0.25) is 14.0 Å². The molecule has 6 rings (SSSR count). The Bertz CT molecular complexity index is 1690. The van der Waals surface area contributed by atoms with Crippen molar-refractivity contribution in [1.82, 2.24) is 29.5 Å². The number of carbonyl (C=O) groups excluding carboxylic acids is 2. The van der Waals surface area contributed by atoms with Gasteiger partial charge in [0.05, 0.1) is 35.6 Å². The van der Waals surface area contributed by atoms with Crippen LogP contribution in [-0.2, 0) is 4.79 Å². The number of hydrogen-bond acceptors (Lipinski definition) is 7. The van der Waals surface area contributed by atoms with E-state index in [1.165, 1.54) is 31.6 Å². The monoisotopic (exact) mass is 609 g/mol. The van der Waals surface area contributed by atoms with E-state index >= 15 is 0 Å². The van der Waals surface area contributed by atoms with Crippen LogP contribution in [0.25, 0.3) is 16.9 Å². The fourth-order valence-electron chi connectivity index (χ4n) is 5.72. The lowest BCUT2D eigenvalue weighted by Gasteiger charge is -2.36. The van der Waals surface area contributed by atoms with Gasteiger partial charge in [-0.1, -0.05) is 11.6 Å². The smallest absolute Gasteiger partial charge is 0.255 e. The number of amides is 2. The molecule has 4 aromatic rings. The minimum absolute atomic E-state index is 0.0186. The molecule has 13 heteroatoms. The van der Waals surface area contributed by atoms with Crippen LogP contribution in [0.2, 0.25) is 5.02 Å². The van der Waals surface area contributed by atoms with E-state index in [1.807, 2.05) is 4.90 Å². The molecule has 43 heavy (non-hydrogen) atoms. The zero-order chi connectivity index (χ0) is 30.2. The molecule has 1 atom stereocenters. The van der Waals surface area contributed by atoms with Crippen LogP contribution in [0.4, 0.5) is 20.3 Å². The van der Waals surface area contributed by atoms with Gasteiger partial charge < -0.3 is 25.2 Å². The van der Waals surface area contributed by atoms with E-state index in [4.69, 9.17) is 16.3 Å². The quantitative estimate of drug-likeness (QED) is 0.333. The van der Waals surface area contributed by atoms with Gasteiger partial charge in [0, 0.05) is 49.8 Å². The highest BCUT2D eigenvalue weighted by Gasteiger charge is 2.31. The average Bonchev–Trinajstić information content (AvgIpc) is 3.69. The van der Waals surface area contributed by atoms with E-state index in [0.29, 0.717) is 60.2 Å². The number of hydrogen-bond donors (Lipinski definition) is 2. The van der Waals surface area contributed by atoms with Gasteiger partial charge in [0.1, 0.15) is 0 Å². The van der Waals surface area contributed by atoms with Crippen LogP contribution in [0.15, 0.2) is 42.9 Å². The summed E-state index contributed by atoms with van der Waals surface area (Å²) in [5, 5.41) is 6.70. The number of ether oxygens (including phenoxy) is 1.